The van der Waals surface area contributed by atoms with E-state index in [9.17, 15) is 5.11 Å². The van der Waals surface area contributed by atoms with Crippen molar-refractivity contribution >= 4 is 17.0 Å². The van der Waals surface area contributed by atoms with Crippen molar-refractivity contribution in [1.29, 1.82) is 0 Å². The number of nitrogen functional groups attached to an aromatic ring is 1. The van der Waals surface area contributed by atoms with Gasteiger partial charge in [0.05, 0.1) is 6.61 Å². The molecule has 1 aromatic carbocycles. The summed E-state index contributed by atoms with van der Waals surface area (Å²) < 4.78 is 0. The Kier molecular flexibility index (Phi) is 4.75. The summed E-state index contributed by atoms with van der Waals surface area (Å²) in [5.74, 6) is 0. The SMILES string of the molecule is Nc1ccsc1CN[C@H](CO)Cc1ccccc1. The molecule has 1 aromatic heterocycles. The minimum atomic E-state index is 0.0638. The van der Waals surface area contributed by atoms with E-state index in [0.29, 0.717) is 6.54 Å². The zero-order valence-electron chi connectivity index (χ0n) is 10.2. The van der Waals surface area contributed by atoms with Crippen LogP contribution in [0.3, 0.4) is 0 Å². The van der Waals surface area contributed by atoms with E-state index in [1.54, 1.807) is 11.3 Å². The first-order valence-electron chi connectivity index (χ1n) is 5.99. The Labute approximate surface area is 111 Å². The van der Waals surface area contributed by atoms with Gasteiger partial charge in [-0.1, -0.05) is 30.3 Å². The van der Waals surface area contributed by atoms with E-state index in [1.165, 1.54) is 5.56 Å². The molecular weight excluding hydrogens is 244 g/mol. The summed E-state index contributed by atoms with van der Waals surface area (Å²) in [5, 5.41) is 14.7. The van der Waals surface area contributed by atoms with Crippen molar-refractivity contribution in [3.8, 4) is 0 Å². The van der Waals surface area contributed by atoms with Gasteiger partial charge in [0.1, 0.15) is 0 Å². The van der Waals surface area contributed by atoms with Gasteiger partial charge in [0.25, 0.3) is 0 Å². The third kappa shape index (κ3) is 3.57. The standard InChI is InChI=1S/C14H18N2OS/c15-13-6-7-18-14(13)9-16-12(10-17)8-11-4-2-1-3-5-11/h1-7,12,16-17H,8-10,15H2/t12-/m0/s1. The molecule has 1 atom stereocenters. The van der Waals surface area contributed by atoms with Gasteiger partial charge in [0.2, 0.25) is 0 Å². The lowest BCUT2D eigenvalue weighted by Gasteiger charge is -2.16. The smallest absolute Gasteiger partial charge is 0.0587 e. The highest BCUT2D eigenvalue weighted by Crippen LogP contribution is 2.18. The van der Waals surface area contributed by atoms with Gasteiger partial charge in [-0.05, 0) is 23.4 Å². The van der Waals surface area contributed by atoms with Gasteiger partial charge in [-0.15, -0.1) is 11.3 Å². The summed E-state index contributed by atoms with van der Waals surface area (Å²) in [7, 11) is 0. The van der Waals surface area contributed by atoms with Crippen molar-refractivity contribution in [1.82, 2.24) is 5.32 Å². The molecule has 0 unspecified atom stereocenters. The average molecular weight is 262 g/mol. The summed E-state index contributed by atoms with van der Waals surface area (Å²) in [6, 6.07) is 12.1. The number of rotatable bonds is 6. The Bertz CT molecular complexity index is 470. The second-order valence-electron chi connectivity index (χ2n) is 4.25. The van der Waals surface area contributed by atoms with Crippen molar-refractivity contribution in [3.63, 3.8) is 0 Å². The van der Waals surface area contributed by atoms with E-state index in [-0.39, 0.29) is 12.6 Å². The molecule has 0 spiro atoms. The maximum absolute atomic E-state index is 9.39. The van der Waals surface area contributed by atoms with Crippen LogP contribution in [0.5, 0.6) is 0 Å². The minimum absolute atomic E-state index is 0.0638. The molecule has 1 heterocycles. The number of hydrogen-bond acceptors (Lipinski definition) is 4. The molecule has 2 aromatic rings. The molecule has 3 nitrogen and oxygen atoms in total. The maximum Gasteiger partial charge on any atom is 0.0587 e. The molecule has 4 N–H and O–H groups in total. The molecule has 0 aliphatic heterocycles. The fraction of sp³-hybridized carbons (Fsp3) is 0.286. The Hall–Kier alpha value is -1.36. The second-order valence-corrected chi connectivity index (χ2v) is 5.25. The summed E-state index contributed by atoms with van der Waals surface area (Å²) >= 11 is 1.64. The topological polar surface area (TPSA) is 58.3 Å². The molecule has 0 fully saturated rings. The van der Waals surface area contributed by atoms with Gasteiger partial charge < -0.3 is 16.2 Å². The number of nitrogens with one attached hydrogen (secondary N) is 1. The molecule has 0 aliphatic rings. The van der Waals surface area contributed by atoms with E-state index in [0.717, 1.165) is 17.0 Å². The molecule has 0 saturated carbocycles. The number of benzene rings is 1. The highest BCUT2D eigenvalue weighted by atomic mass is 32.1. The number of nitrogens with two attached hydrogens (primary N) is 1. The minimum Gasteiger partial charge on any atom is -0.398 e. The number of aliphatic hydroxyl groups is 1. The predicted octanol–water partition coefficient (Wildman–Crippen LogP) is 2.02. The van der Waals surface area contributed by atoms with Crippen LogP contribution in [0.1, 0.15) is 10.4 Å². The normalized spacial score (nSPS) is 12.5. The lowest BCUT2D eigenvalue weighted by molar-refractivity contribution is 0.241. The van der Waals surface area contributed by atoms with Crippen molar-refractivity contribution in [2.75, 3.05) is 12.3 Å². The van der Waals surface area contributed by atoms with Crippen LogP contribution in [-0.4, -0.2) is 17.8 Å². The molecule has 96 valence electrons. The van der Waals surface area contributed by atoms with Crippen LogP contribution >= 0.6 is 11.3 Å². The van der Waals surface area contributed by atoms with Gasteiger partial charge in [0, 0.05) is 23.2 Å². The average Bonchev–Trinajstić information content (AvgIpc) is 2.81. The highest BCUT2D eigenvalue weighted by molar-refractivity contribution is 7.10. The monoisotopic (exact) mass is 262 g/mol. The zero-order valence-corrected chi connectivity index (χ0v) is 11.0. The summed E-state index contributed by atoms with van der Waals surface area (Å²) in [4.78, 5) is 1.13. The third-order valence-corrected chi connectivity index (χ3v) is 3.81. The van der Waals surface area contributed by atoms with E-state index >= 15 is 0 Å². The van der Waals surface area contributed by atoms with Crippen LogP contribution in [-0.2, 0) is 13.0 Å². The van der Waals surface area contributed by atoms with E-state index in [1.807, 2.05) is 29.6 Å². The molecule has 2 rings (SSSR count). The fourth-order valence-electron chi connectivity index (χ4n) is 1.83. The molecule has 0 bridgehead atoms. The Morgan fingerprint density at radius 1 is 1.22 bits per heavy atom. The summed E-state index contributed by atoms with van der Waals surface area (Å²) in [5.41, 5.74) is 7.88. The van der Waals surface area contributed by atoms with E-state index < -0.39 is 0 Å². The van der Waals surface area contributed by atoms with Crippen molar-refractivity contribution in [2.24, 2.45) is 0 Å². The van der Waals surface area contributed by atoms with Crippen LogP contribution in [0, 0.1) is 0 Å². The number of aliphatic hydroxyl groups excluding tert-OH is 1. The van der Waals surface area contributed by atoms with Gasteiger partial charge >= 0.3 is 0 Å². The number of thiophene rings is 1. The van der Waals surface area contributed by atoms with E-state index in [4.69, 9.17) is 5.73 Å². The van der Waals surface area contributed by atoms with Crippen molar-refractivity contribution in [2.45, 2.75) is 19.0 Å². The van der Waals surface area contributed by atoms with E-state index in [2.05, 4.69) is 17.4 Å². The summed E-state index contributed by atoms with van der Waals surface area (Å²) in [6.45, 7) is 0.835. The molecule has 4 heteroatoms. The fourth-order valence-corrected chi connectivity index (χ4v) is 2.58. The van der Waals surface area contributed by atoms with Crippen LogP contribution in [0.25, 0.3) is 0 Å². The Morgan fingerprint density at radius 2 is 2.00 bits per heavy atom. The molecule has 0 amide bonds. The van der Waals surface area contributed by atoms with Crippen LogP contribution in [0.4, 0.5) is 5.69 Å². The quantitative estimate of drug-likeness (QED) is 0.746. The van der Waals surface area contributed by atoms with Gasteiger partial charge in [-0.3, -0.25) is 0 Å². The molecule has 0 aliphatic carbocycles. The first-order valence-corrected chi connectivity index (χ1v) is 6.87. The lowest BCUT2D eigenvalue weighted by Crippen LogP contribution is -2.33. The Balaban J connectivity index is 1.88. The molecule has 0 radical (unpaired) electrons. The van der Waals surface area contributed by atoms with Gasteiger partial charge in [0.15, 0.2) is 0 Å². The number of hydrogen-bond donors (Lipinski definition) is 3. The second kappa shape index (κ2) is 6.54. The predicted molar refractivity (Wildman–Crippen MR) is 76.6 cm³/mol. The highest BCUT2D eigenvalue weighted by Gasteiger charge is 2.09. The maximum atomic E-state index is 9.39. The van der Waals surface area contributed by atoms with Crippen molar-refractivity contribution < 1.29 is 5.11 Å². The molecular formula is C14H18N2OS. The largest absolute Gasteiger partial charge is 0.398 e. The van der Waals surface area contributed by atoms with Crippen LogP contribution < -0.4 is 11.1 Å². The van der Waals surface area contributed by atoms with Crippen LogP contribution in [0.2, 0.25) is 0 Å². The zero-order chi connectivity index (χ0) is 12.8. The van der Waals surface area contributed by atoms with Gasteiger partial charge in [-0.25, -0.2) is 0 Å². The van der Waals surface area contributed by atoms with Crippen molar-refractivity contribution in [3.05, 3.63) is 52.2 Å². The van der Waals surface area contributed by atoms with Crippen LogP contribution in [0.15, 0.2) is 41.8 Å². The third-order valence-electron chi connectivity index (χ3n) is 2.88. The molecule has 0 saturated heterocycles. The molecule has 18 heavy (non-hydrogen) atoms. The lowest BCUT2D eigenvalue weighted by atomic mass is 10.1. The van der Waals surface area contributed by atoms with Gasteiger partial charge in [-0.2, -0.15) is 0 Å². The summed E-state index contributed by atoms with van der Waals surface area (Å²) in [6.07, 6.45) is 0.822. The number of anilines is 1. The first kappa shape index (κ1) is 13.1. The first-order chi connectivity index (χ1) is 8.79. The Morgan fingerprint density at radius 3 is 2.61 bits per heavy atom.